The second kappa shape index (κ2) is 6.91. The van der Waals surface area contributed by atoms with Crippen LogP contribution >= 0.6 is 0 Å². The highest BCUT2D eigenvalue weighted by Crippen LogP contribution is 2.35. The highest BCUT2D eigenvalue weighted by Gasteiger charge is 2.31. The molecule has 0 aromatic carbocycles. The van der Waals surface area contributed by atoms with E-state index in [9.17, 15) is 0 Å². The number of hydrogen-bond acceptors (Lipinski definition) is 1. The lowest BCUT2D eigenvalue weighted by Crippen LogP contribution is -2.37. The molecule has 1 aliphatic carbocycles. The first-order valence-electron chi connectivity index (χ1n) is 7.71. The quantitative estimate of drug-likeness (QED) is 0.521. The van der Waals surface area contributed by atoms with Crippen LogP contribution < -0.4 is 0 Å². The van der Waals surface area contributed by atoms with E-state index in [2.05, 4.69) is 41.9 Å². The molecule has 2 heteroatoms. The van der Waals surface area contributed by atoms with Gasteiger partial charge in [0.2, 0.25) is 0 Å². The average Bonchev–Trinajstić information content (AvgIpc) is 2.22. The molecule has 0 aromatic heterocycles. The van der Waals surface area contributed by atoms with Gasteiger partial charge < -0.3 is 9.22 Å². The van der Waals surface area contributed by atoms with Crippen molar-refractivity contribution in [3.05, 3.63) is 0 Å². The predicted molar refractivity (Wildman–Crippen MR) is 78.6 cm³/mol. The lowest BCUT2D eigenvalue weighted by molar-refractivity contribution is -0.870. The van der Waals surface area contributed by atoms with Crippen LogP contribution in [-0.4, -0.2) is 44.9 Å². The topological polar surface area (TPSA) is 9.23 Å². The van der Waals surface area contributed by atoms with Crippen molar-refractivity contribution in [1.29, 1.82) is 0 Å². The Hall–Kier alpha value is -0.0800. The van der Waals surface area contributed by atoms with Crippen LogP contribution in [-0.2, 0) is 4.74 Å². The van der Waals surface area contributed by atoms with Crippen molar-refractivity contribution >= 4 is 0 Å². The molecule has 0 aromatic rings. The van der Waals surface area contributed by atoms with E-state index in [4.69, 9.17) is 4.74 Å². The van der Waals surface area contributed by atoms with Gasteiger partial charge in [-0.2, -0.15) is 0 Å². The molecule has 2 nitrogen and oxygen atoms in total. The van der Waals surface area contributed by atoms with Gasteiger partial charge in [-0.3, -0.25) is 0 Å². The summed E-state index contributed by atoms with van der Waals surface area (Å²) in [6.45, 7) is 9.22. The fourth-order valence-electron chi connectivity index (χ4n) is 3.08. The predicted octanol–water partition coefficient (Wildman–Crippen LogP) is 3.56. The van der Waals surface area contributed by atoms with Crippen molar-refractivity contribution in [2.24, 2.45) is 17.8 Å². The van der Waals surface area contributed by atoms with Crippen molar-refractivity contribution in [3.8, 4) is 0 Å². The zero-order valence-electron chi connectivity index (χ0n) is 13.4. The molecule has 1 aliphatic rings. The maximum absolute atomic E-state index is 6.21. The van der Waals surface area contributed by atoms with Crippen molar-refractivity contribution in [2.75, 3.05) is 34.3 Å². The highest BCUT2D eigenvalue weighted by atomic mass is 16.5. The summed E-state index contributed by atoms with van der Waals surface area (Å²) < 4.78 is 7.25. The molecule has 1 saturated carbocycles. The molecule has 0 unspecified atom stereocenters. The minimum absolute atomic E-state index is 0.515. The Labute approximate surface area is 114 Å². The van der Waals surface area contributed by atoms with Crippen LogP contribution in [0.1, 0.15) is 46.5 Å². The fourth-order valence-corrected chi connectivity index (χ4v) is 3.08. The summed E-state index contributed by atoms with van der Waals surface area (Å²) in [4.78, 5) is 0. The maximum atomic E-state index is 6.21. The first-order chi connectivity index (χ1) is 8.29. The van der Waals surface area contributed by atoms with E-state index >= 15 is 0 Å². The van der Waals surface area contributed by atoms with Crippen LogP contribution in [0.3, 0.4) is 0 Å². The SMILES string of the molecule is CC(C)[C@@H]1CC[C@@H](C)C[C@@H]1OCCC[N+](C)(C)C. The Bertz CT molecular complexity index is 232. The molecule has 0 N–H and O–H groups in total. The van der Waals surface area contributed by atoms with Gasteiger partial charge in [-0.05, 0) is 30.6 Å². The molecule has 1 rings (SSSR count). The van der Waals surface area contributed by atoms with Crippen LogP contribution in [0.2, 0.25) is 0 Å². The van der Waals surface area contributed by atoms with Gasteiger partial charge in [0.25, 0.3) is 0 Å². The van der Waals surface area contributed by atoms with E-state index in [1.165, 1.54) is 32.2 Å². The first kappa shape index (κ1) is 16.0. The largest absolute Gasteiger partial charge is 0.378 e. The maximum Gasteiger partial charge on any atom is 0.0802 e. The summed E-state index contributed by atoms with van der Waals surface area (Å²) in [7, 11) is 6.75. The highest BCUT2D eigenvalue weighted by molar-refractivity contribution is 4.81. The number of rotatable bonds is 6. The first-order valence-corrected chi connectivity index (χ1v) is 7.71. The number of nitrogens with zero attached hydrogens (tertiary/aromatic N) is 1. The molecule has 0 aliphatic heterocycles. The van der Waals surface area contributed by atoms with Crippen LogP contribution in [0.25, 0.3) is 0 Å². The summed E-state index contributed by atoms with van der Waals surface area (Å²) >= 11 is 0. The minimum atomic E-state index is 0.515. The van der Waals surface area contributed by atoms with E-state index in [0.717, 1.165) is 28.8 Å². The lowest BCUT2D eigenvalue weighted by Gasteiger charge is -2.37. The van der Waals surface area contributed by atoms with Crippen molar-refractivity contribution in [1.82, 2.24) is 0 Å². The molecule has 0 amide bonds. The standard InChI is InChI=1S/C16H34NO/c1-13(2)15-9-8-14(3)12-16(15)18-11-7-10-17(4,5)6/h13-16H,7-12H2,1-6H3/q+1/t14-,15+,16+/m1/s1. The van der Waals surface area contributed by atoms with Gasteiger partial charge >= 0.3 is 0 Å². The Morgan fingerprint density at radius 1 is 1.17 bits per heavy atom. The van der Waals surface area contributed by atoms with Crippen molar-refractivity contribution < 1.29 is 9.22 Å². The Kier molecular flexibility index (Phi) is 6.13. The lowest BCUT2D eigenvalue weighted by atomic mass is 9.75. The van der Waals surface area contributed by atoms with Gasteiger partial charge in [0.15, 0.2) is 0 Å². The molecule has 3 atom stereocenters. The Balaban J connectivity index is 2.32. The number of ether oxygens (including phenoxy) is 1. The normalized spacial score (nSPS) is 29.8. The molecular weight excluding hydrogens is 222 g/mol. The van der Waals surface area contributed by atoms with Crippen LogP contribution in [0.5, 0.6) is 0 Å². The zero-order chi connectivity index (χ0) is 13.8. The third kappa shape index (κ3) is 5.71. The molecule has 0 bridgehead atoms. The number of quaternary nitrogens is 1. The Morgan fingerprint density at radius 3 is 2.39 bits per heavy atom. The zero-order valence-corrected chi connectivity index (χ0v) is 13.4. The van der Waals surface area contributed by atoms with E-state index in [1.54, 1.807) is 0 Å². The molecule has 0 spiro atoms. The molecule has 18 heavy (non-hydrogen) atoms. The van der Waals surface area contributed by atoms with E-state index < -0.39 is 0 Å². The van der Waals surface area contributed by atoms with Crippen LogP contribution in [0.4, 0.5) is 0 Å². The molecule has 0 saturated heterocycles. The van der Waals surface area contributed by atoms with Crippen molar-refractivity contribution in [2.45, 2.75) is 52.6 Å². The minimum Gasteiger partial charge on any atom is -0.378 e. The summed E-state index contributed by atoms with van der Waals surface area (Å²) in [5, 5.41) is 0. The van der Waals surface area contributed by atoms with Gasteiger partial charge in [0.05, 0.1) is 40.4 Å². The fraction of sp³-hybridized carbons (Fsp3) is 1.00. The monoisotopic (exact) mass is 256 g/mol. The van der Waals surface area contributed by atoms with E-state index in [1.807, 2.05) is 0 Å². The molecular formula is C16H34NO+. The van der Waals surface area contributed by atoms with Gasteiger partial charge in [-0.15, -0.1) is 0 Å². The van der Waals surface area contributed by atoms with Gasteiger partial charge in [0.1, 0.15) is 0 Å². The van der Waals surface area contributed by atoms with Crippen LogP contribution in [0.15, 0.2) is 0 Å². The second-order valence-corrected chi connectivity index (χ2v) is 7.60. The van der Waals surface area contributed by atoms with Gasteiger partial charge in [0, 0.05) is 6.42 Å². The second-order valence-electron chi connectivity index (χ2n) is 7.60. The summed E-state index contributed by atoms with van der Waals surface area (Å²) in [5.74, 6) is 2.40. The summed E-state index contributed by atoms with van der Waals surface area (Å²) in [5.41, 5.74) is 0. The average molecular weight is 256 g/mol. The third-order valence-corrected chi connectivity index (χ3v) is 4.27. The molecule has 1 fully saturated rings. The van der Waals surface area contributed by atoms with Crippen LogP contribution in [0, 0.1) is 17.8 Å². The molecule has 0 heterocycles. The Morgan fingerprint density at radius 2 is 1.83 bits per heavy atom. The van der Waals surface area contributed by atoms with Crippen molar-refractivity contribution in [3.63, 3.8) is 0 Å². The van der Waals surface area contributed by atoms with Gasteiger partial charge in [-0.1, -0.05) is 27.2 Å². The van der Waals surface area contributed by atoms with E-state index in [-0.39, 0.29) is 0 Å². The van der Waals surface area contributed by atoms with E-state index in [0.29, 0.717) is 6.10 Å². The summed E-state index contributed by atoms with van der Waals surface area (Å²) in [6.07, 6.45) is 5.72. The molecule has 0 radical (unpaired) electrons. The third-order valence-electron chi connectivity index (χ3n) is 4.27. The summed E-state index contributed by atoms with van der Waals surface area (Å²) in [6, 6.07) is 0. The van der Waals surface area contributed by atoms with Gasteiger partial charge in [-0.25, -0.2) is 0 Å². The molecule has 108 valence electrons. The number of hydrogen-bond donors (Lipinski definition) is 0. The smallest absolute Gasteiger partial charge is 0.0802 e.